The molecule has 1 amide bonds. The van der Waals surface area contributed by atoms with Gasteiger partial charge in [-0.05, 0) is 36.2 Å². The number of hydrogen-bond acceptors (Lipinski definition) is 5. The lowest BCUT2D eigenvalue weighted by Gasteiger charge is -2.28. The molecule has 2 N–H and O–H groups in total. The van der Waals surface area contributed by atoms with Crippen LogP contribution >= 0.6 is 11.3 Å². The Bertz CT molecular complexity index is 797. The SMILES string of the molecule is CCN1CCc2c(sc3c2C(=O)N[C@@H](c2ccc(N(C)C)cc2)N3)C1. The highest BCUT2D eigenvalue weighted by Gasteiger charge is 2.33. The van der Waals surface area contributed by atoms with Gasteiger partial charge in [0.2, 0.25) is 0 Å². The van der Waals surface area contributed by atoms with E-state index in [1.165, 1.54) is 10.4 Å². The van der Waals surface area contributed by atoms with Crippen molar-refractivity contribution in [1.82, 2.24) is 10.2 Å². The van der Waals surface area contributed by atoms with Gasteiger partial charge >= 0.3 is 0 Å². The molecule has 0 fully saturated rings. The second kappa shape index (κ2) is 6.35. The van der Waals surface area contributed by atoms with Crippen molar-refractivity contribution >= 4 is 27.9 Å². The minimum Gasteiger partial charge on any atom is -0.378 e. The van der Waals surface area contributed by atoms with Crippen LogP contribution in [0.15, 0.2) is 24.3 Å². The number of thiophene rings is 1. The van der Waals surface area contributed by atoms with Crippen molar-refractivity contribution in [2.75, 3.05) is 37.4 Å². The molecule has 0 aliphatic carbocycles. The maximum Gasteiger partial charge on any atom is 0.256 e. The van der Waals surface area contributed by atoms with Crippen LogP contribution < -0.4 is 15.5 Å². The van der Waals surface area contributed by atoms with Crippen LogP contribution in [0.3, 0.4) is 0 Å². The molecule has 0 saturated carbocycles. The summed E-state index contributed by atoms with van der Waals surface area (Å²) in [5.41, 5.74) is 4.34. The fraction of sp³-hybridized carbons (Fsp3) is 0.421. The Morgan fingerprint density at radius 2 is 2.00 bits per heavy atom. The Kier molecular flexibility index (Phi) is 4.17. The van der Waals surface area contributed by atoms with Crippen LogP contribution in [0.5, 0.6) is 0 Å². The van der Waals surface area contributed by atoms with Crippen LogP contribution in [0.1, 0.15) is 39.5 Å². The van der Waals surface area contributed by atoms with E-state index in [-0.39, 0.29) is 12.1 Å². The fourth-order valence-electron chi connectivity index (χ4n) is 3.57. The summed E-state index contributed by atoms with van der Waals surface area (Å²) in [6.45, 7) is 5.25. The molecule has 132 valence electrons. The molecule has 1 aromatic heterocycles. The zero-order chi connectivity index (χ0) is 17.6. The molecule has 0 spiro atoms. The van der Waals surface area contributed by atoms with Crippen LogP contribution in [0.2, 0.25) is 0 Å². The Labute approximate surface area is 152 Å². The first kappa shape index (κ1) is 16.4. The standard InChI is InChI=1S/C19H24N4OS/c1-4-23-10-9-14-15(11-23)25-19-16(14)18(24)20-17(21-19)12-5-7-13(8-6-12)22(2)3/h5-8,17,21H,4,9-11H2,1-3H3,(H,20,24)/t17-/m1/s1. The molecular weight excluding hydrogens is 332 g/mol. The zero-order valence-corrected chi connectivity index (χ0v) is 15.7. The van der Waals surface area contributed by atoms with E-state index in [0.717, 1.165) is 47.9 Å². The van der Waals surface area contributed by atoms with Crippen molar-refractivity contribution in [2.45, 2.75) is 26.1 Å². The summed E-state index contributed by atoms with van der Waals surface area (Å²) >= 11 is 1.75. The van der Waals surface area contributed by atoms with Gasteiger partial charge in [0.25, 0.3) is 5.91 Å². The van der Waals surface area contributed by atoms with Gasteiger partial charge in [-0.15, -0.1) is 11.3 Å². The molecule has 2 aliphatic heterocycles. The van der Waals surface area contributed by atoms with E-state index in [4.69, 9.17) is 0 Å². The van der Waals surface area contributed by atoms with Gasteiger partial charge in [-0.25, -0.2) is 0 Å². The van der Waals surface area contributed by atoms with E-state index in [0.29, 0.717) is 0 Å². The second-order valence-corrected chi connectivity index (χ2v) is 7.97. The molecule has 0 unspecified atom stereocenters. The second-order valence-electron chi connectivity index (χ2n) is 6.86. The number of likely N-dealkylation sites (N-methyl/N-ethyl adjacent to an activating group) is 1. The Morgan fingerprint density at radius 1 is 1.24 bits per heavy atom. The Hall–Kier alpha value is -2.05. The van der Waals surface area contributed by atoms with E-state index < -0.39 is 0 Å². The number of nitrogens with one attached hydrogen (secondary N) is 2. The lowest BCUT2D eigenvalue weighted by atomic mass is 10.0. The summed E-state index contributed by atoms with van der Waals surface area (Å²) in [5.74, 6) is 0.0536. The molecule has 2 aliphatic rings. The number of carbonyl (C=O) groups excluding carboxylic acids is 1. The molecule has 25 heavy (non-hydrogen) atoms. The van der Waals surface area contributed by atoms with E-state index in [1.807, 2.05) is 14.1 Å². The zero-order valence-electron chi connectivity index (χ0n) is 14.9. The minimum atomic E-state index is -0.168. The normalized spacial score (nSPS) is 19.6. The van der Waals surface area contributed by atoms with Crippen LogP contribution in [0.25, 0.3) is 0 Å². The first-order chi connectivity index (χ1) is 12.1. The van der Waals surface area contributed by atoms with Gasteiger partial charge in [0, 0.05) is 37.7 Å². The largest absolute Gasteiger partial charge is 0.378 e. The third-order valence-electron chi connectivity index (χ3n) is 5.10. The van der Waals surface area contributed by atoms with Crippen LogP contribution in [0, 0.1) is 0 Å². The van der Waals surface area contributed by atoms with Crippen molar-refractivity contribution < 1.29 is 4.79 Å². The number of hydrogen-bond donors (Lipinski definition) is 2. The molecule has 1 atom stereocenters. The summed E-state index contributed by atoms with van der Waals surface area (Å²) in [7, 11) is 4.05. The van der Waals surface area contributed by atoms with Crippen molar-refractivity contribution in [1.29, 1.82) is 0 Å². The first-order valence-corrected chi connectivity index (χ1v) is 9.60. The Balaban J connectivity index is 1.61. The molecule has 1 aromatic carbocycles. The van der Waals surface area contributed by atoms with Gasteiger partial charge < -0.3 is 15.5 Å². The van der Waals surface area contributed by atoms with Gasteiger partial charge in [-0.1, -0.05) is 19.1 Å². The summed E-state index contributed by atoms with van der Waals surface area (Å²) in [4.78, 5) is 18.6. The number of anilines is 2. The van der Waals surface area contributed by atoms with E-state index in [9.17, 15) is 4.79 Å². The molecule has 0 bridgehead atoms. The molecule has 0 radical (unpaired) electrons. The van der Waals surface area contributed by atoms with E-state index >= 15 is 0 Å². The maximum absolute atomic E-state index is 12.8. The summed E-state index contributed by atoms with van der Waals surface area (Å²) < 4.78 is 0. The van der Waals surface area contributed by atoms with Crippen molar-refractivity contribution in [3.63, 3.8) is 0 Å². The summed E-state index contributed by atoms with van der Waals surface area (Å²) in [6.07, 6.45) is 0.797. The molecule has 6 heteroatoms. The molecule has 5 nitrogen and oxygen atoms in total. The highest BCUT2D eigenvalue weighted by molar-refractivity contribution is 7.16. The maximum atomic E-state index is 12.8. The lowest BCUT2D eigenvalue weighted by molar-refractivity contribution is 0.0934. The average molecular weight is 356 g/mol. The average Bonchev–Trinajstić information content (AvgIpc) is 2.99. The van der Waals surface area contributed by atoms with Crippen LogP contribution in [0.4, 0.5) is 10.7 Å². The van der Waals surface area contributed by atoms with Gasteiger partial charge in [-0.2, -0.15) is 0 Å². The number of fused-ring (bicyclic) bond motifs is 3. The van der Waals surface area contributed by atoms with Crippen molar-refractivity contribution in [2.24, 2.45) is 0 Å². The molecule has 2 aromatic rings. The summed E-state index contributed by atoms with van der Waals surface area (Å²) in [5, 5.41) is 7.69. The number of benzene rings is 1. The van der Waals surface area contributed by atoms with Crippen LogP contribution in [-0.4, -0.2) is 38.0 Å². The topological polar surface area (TPSA) is 47.6 Å². The molecular formula is C19H24N4OS. The lowest BCUT2D eigenvalue weighted by Crippen LogP contribution is -2.38. The van der Waals surface area contributed by atoms with E-state index in [2.05, 4.69) is 51.6 Å². The highest BCUT2D eigenvalue weighted by atomic mass is 32.1. The number of rotatable bonds is 3. The van der Waals surface area contributed by atoms with Crippen LogP contribution in [-0.2, 0) is 13.0 Å². The predicted octanol–water partition coefficient (Wildman–Crippen LogP) is 3.05. The quantitative estimate of drug-likeness (QED) is 0.887. The van der Waals surface area contributed by atoms with Crippen molar-refractivity contribution in [3.8, 4) is 0 Å². The fourth-order valence-corrected chi connectivity index (χ4v) is 4.89. The van der Waals surface area contributed by atoms with Gasteiger partial charge in [0.1, 0.15) is 11.2 Å². The number of nitrogens with zero attached hydrogens (tertiary/aromatic N) is 2. The van der Waals surface area contributed by atoms with Crippen molar-refractivity contribution in [3.05, 3.63) is 45.8 Å². The molecule has 0 saturated heterocycles. The number of carbonyl (C=O) groups is 1. The monoisotopic (exact) mass is 356 g/mol. The van der Waals surface area contributed by atoms with E-state index in [1.54, 1.807) is 11.3 Å². The smallest absolute Gasteiger partial charge is 0.256 e. The third-order valence-corrected chi connectivity index (χ3v) is 6.25. The summed E-state index contributed by atoms with van der Waals surface area (Å²) in [6, 6.07) is 8.31. The first-order valence-electron chi connectivity index (χ1n) is 8.78. The number of amides is 1. The highest BCUT2D eigenvalue weighted by Crippen LogP contribution is 2.40. The third kappa shape index (κ3) is 2.89. The molecule has 4 rings (SSSR count). The predicted molar refractivity (Wildman–Crippen MR) is 104 cm³/mol. The Morgan fingerprint density at radius 3 is 2.68 bits per heavy atom. The van der Waals surface area contributed by atoms with Gasteiger partial charge in [0.15, 0.2) is 0 Å². The molecule has 3 heterocycles. The van der Waals surface area contributed by atoms with Gasteiger partial charge in [-0.3, -0.25) is 9.69 Å². The minimum absolute atomic E-state index is 0.0536. The van der Waals surface area contributed by atoms with Gasteiger partial charge in [0.05, 0.1) is 5.56 Å².